The fourth-order valence-electron chi connectivity index (χ4n) is 0. The third kappa shape index (κ3) is 348. The lowest BCUT2D eigenvalue weighted by Crippen LogP contribution is -1.47. The third-order valence-electron chi connectivity index (χ3n) is 1.50. The minimum absolute atomic E-state index is 1.25. The first-order chi connectivity index (χ1) is 8.16. The molecule has 0 N–H and O–H groups in total. The zero-order valence-corrected chi connectivity index (χ0v) is 14.9. The summed E-state index contributed by atoms with van der Waals surface area (Å²) in [5.41, 5.74) is 0. The molecule has 17 heavy (non-hydrogen) atoms. The maximum absolute atomic E-state index is 2.18. The molecule has 0 aromatic heterocycles. The van der Waals surface area contributed by atoms with E-state index in [4.69, 9.17) is 0 Å². The zero-order chi connectivity index (χ0) is 14.9. The second kappa shape index (κ2) is 73.5. The van der Waals surface area contributed by atoms with Gasteiger partial charge in [0.15, 0.2) is 0 Å². The number of unbranched alkanes of at least 4 members (excludes halogenated alkanes) is 3. The Morgan fingerprint density at radius 3 is 0.412 bits per heavy atom. The summed E-state index contributed by atoms with van der Waals surface area (Å²) < 4.78 is 0. The van der Waals surface area contributed by atoms with Crippen LogP contribution in [0.3, 0.4) is 0 Å². The van der Waals surface area contributed by atoms with Crippen molar-refractivity contribution in [3.05, 3.63) is 0 Å². The normalized spacial score (nSPS) is 6.71. The molecule has 112 valence electrons. The van der Waals surface area contributed by atoms with Gasteiger partial charge in [0.2, 0.25) is 0 Å². The molecule has 0 heterocycles. The largest absolute Gasteiger partial charge is 0.0683 e. The van der Waals surface area contributed by atoms with Crippen LogP contribution in [0.15, 0.2) is 0 Å². The van der Waals surface area contributed by atoms with Crippen LogP contribution in [0.5, 0.6) is 0 Å². The van der Waals surface area contributed by atoms with E-state index < -0.39 is 0 Å². The van der Waals surface area contributed by atoms with Gasteiger partial charge in [0, 0.05) is 0 Å². The molecular formula is C17H44. The highest BCUT2D eigenvalue weighted by atomic mass is 13.6. The molecule has 0 aliphatic rings. The van der Waals surface area contributed by atoms with Crippen molar-refractivity contribution in [3.63, 3.8) is 0 Å². The van der Waals surface area contributed by atoms with Crippen molar-refractivity contribution in [2.75, 3.05) is 0 Å². The van der Waals surface area contributed by atoms with E-state index in [1.165, 1.54) is 44.9 Å². The molecule has 0 aliphatic heterocycles. The van der Waals surface area contributed by atoms with Crippen LogP contribution < -0.4 is 0 Å². The van der Waals surface area contributed by atoms with Gasteiger partial charge in [-0.2, -0.15) is 0 Å². The first-order valence-corrected chi connectivity index (χ1v) is 8.16. The second-order valence-electron chi connectivity index (χ2n) is 3.71. The van der Waals surface area contributed by atoms with Gasteiger partial charge in [-0.1, -0.05) is 114 Å². The zero-order valence-electron chi connectivity index (χ0n) is 14.9. The highest BCUT2D eigenvalue weighted by molar-refractivity contribution is 4.13. The summed E-state index contributed by atoms with van der Waals surface area (Å²) in [4.78, 5) is 0. The van der Waals surface area contributed by atoms with Crippen LogP contribution in [-0.4, -0.2) is 0 Å². The van der Waals surface area contributed by atoms with Crippen molar-refractivity contribution in [1.29, 1.82) is 0 Å². The Labute approximate surface area is 115 Å². The Kier molecular flexibility index (Phi) is 131. The van der Waals surface area contributed by atoms with E-state index in [-0.39, 0.29) is 0 Å². The number of hydrogen-bond donors (Lipinski definition) is 0. The maximum atomic E-state index is 2.18. The van der Waals surface area contributed by atoms with E-state index >= 15 is 0 Å². The molecule has 0 fully saturated rings. The molecule has 0 atom stereocenters. The minimum Gasteiger partial charge on any atom is -0.0683 e. The van der Waals surface area contributed by atoms with E-state index in [1.54, 1.807) is 0 Å². The van der Waals surface area contributed by atoms with Gasteiger partial charge in [-0.15, -0.1) is 0 Å². The lowest BCUT2D eigenvalue weighted by Gasteiger charge is -1.68. The second-order valence-corrected chi connectivity index (χ2v) is 3.71. The van der Waals surface area contributed by atoms with Crippen LogP contribution in [0.25, 0.3) is 0 Å². The SMILES string of the molecule is CC.CCC.CCCC.CCCC.CCCC. The number of rotatable bonds is 3. The van der Waals surface area contributed by atoms with Gasteiger partial charge in [-0.3, -0.25) is 0 Å². The van der Waals surface area contributed by atoms with Gasteiger partial charge >= 0.3 is 0 Å². The Morgan fingerprint density at radius 1 is 0.353 bits per heavy atom. The topological polar surface area (TPSA) is 0 Å². The Bertz CT molecular complexity index is 23.8. The van der Waals surface area contributed by atoms with E-state index in [1.807, 2.05) is 13.8 Å². The quantitative estimate of drug-likeness (QED) is 0.477. The summed E-state index contributed by atoms with van der Waals surface area (Å²) in [5, 5.41) is 0. The van der Waals surface area contributed by atoms with Crippen molar-refractivity contribution >= 4 is 0 Å². The highest BCUT2D eigenvalue weighted by Gasteiger charge is 1.57. The van der Waals surface area contributed by atoms with Gasteiger partial charge in [-0.25, -0.2) is 0 Å². The lowest BCUT2D eigenvalue weighted by atomic mass is 10.4. The van der Waals surface area contributed by atoms with E-state index in [0.717, 1.165) is 0 Å². The van der Waals surface area contributed by atoms with Gasteiger partial charge in [0.1, 0.15) is 0 Å². The van der Waals surface area contributed by atoms with Gasteiger partial charge in [0.05, 0.1) is 0 Å². The van der Waals surface area contributed by atoms with Crippen molar-refractivity contribution < 1.29 is 0 Å². The van der Waals surface area contributed by atoms with Gasteiger partial charge in [-0.05, 0) is 0 Å². The van der Waals surface area contributed by atoms with Gasteiger partial charge in [0.25, 0.3) is 0 Å². The first kappa shape index (κ1) is 30.2. The monoisotopic (exact) mass is 248 g/mol. The fourth-order valence-corrected chi connectivity index (χ4v) is 0. The van der Waals surface area contributed by atoms with Crippen LogP contribution in [0.4, 0.5) is 0 Å². The van der Waals surface area contributed by atoms with Crippen LogP contribution in [0, 0.1) is 0 Å². The molecule has 0 spiro atoms. The minimum atomic E-state index is 1.25. The van der Waals surface area contributed by atoms with E-state index in [2.05, 4.69) is 55.4 Å². The summed E-state index contributed by atoms with van der Waals surface area (Å²) in [6, 6.07) is 0. The summed E-state index contributed by atoms with van der Waals surface area (Å²) in [5.74, 6) is 0. The molecule has 0 radical (unpaired) electrons. The van der Waals surface area contributed by atoms with Crippen molar-refractivity contribution in [3.8, 4) is 0 Å². The molecule has 0 amide bonds. The molecule has 0 aromatic rings. The molecule has 0 saturated carbocycles. The molecule has 0 heteroatoms. The van der Waals surface area contributed by atoms with E-state index in [9.17, 15) is 0 Å². The Morgan fingerprint density at radius 2 is 0.412 bits per heavy atom. The molecule has 0 saturated heterocycles. The Balaban J connectivity index is -0.0000000361. The van der Waals surface area contributed by atoms with Crippen molar-refractivity contribution in [2.24, 2.45) is 0 Å². The Hall–Kier alpha value is 0. The molecule has 0 rings (SSSR count). The maximum Gasteiger partial charge on any atom is -0.0564 e. The summed E-state index contributed by atoms with van der Waals surface area (Å²) in [6.07, 6.45) is 9.17. The molecular weight excluding hydrogens is 204 g/mol. The summed E-state index contributed by atoms with van der Waals surface area (Å²) in [7, 11) is 0. The van der Waals surface area contributed by atoms with Crippen LogP contribution in [-0.2, 0) is 0 Å². The van der Waals surface area contributed by atoms with Crippen LogP contribution >= 0.6 is 0 Å². The molecule has 0 bridgehead atoms. The molecule has 0 unspecified atom stereocenters. The lowest BCUT2D eigenvalue weighted by molar-refractivity contribution is 0.886. The molecule has 0 aliphatic carbocycles. The van der Waals surface area contributed by atoms with E-state index in [0.29, 0.717) is 0 Å². The molecule has 0 nitrogen and oxygen atoms in total. The predicted molar refractivity (Wildman–Crippen MR) is 89.1 cm³/mol. The number of hydrogen-bond acceptors (Lipinski definition) is 0. The van der Waals surface area contributed by atoms with Crippen molar-refractivity contribution in [2.45, 2.75) is 114 Å². The van der Waals surface area contributed by atoms with Crippen molar-refractivity contribution in [1.82, 2.24) is 0 Å². The van der Waals surface area contributed by atoms with Crippen LogP contribution in [0.1, 0.15) is 114 Å². The van der Waals surface area contributed by atoms with Gasteiger partial charge < -0.3 is 0 Å². The summed E-state index contributed by atoms with van der Waals surface area (Å²) in [6.45, 7) is 21.3. The first-order valence-electron chi connectivity index (χ1n) is 8.16. The van der Waals surface area contributed by atoms with Crippen LogP contribution in [0.2, 0.25) is 0 Å². The highest BCUT2D eigenvalue weighted by Crippen LogP contribution is 1.77. The standard InChI is InChI=1S/3C4H10.C3H8.C2H6/c3*1-3-4-2;1-3-2;1-2/h3*3-4H2,1-2H3;3H2,1-2H3;1-2H3. The predicted octanol–water partition coefficient (Wildman–Crippen LogP) is 7.86. The average molecular weight is 249 g/mol. The smallest absolute Gasteiger partial charge is 0.0564 e. The summed E-state index contributed by atoms with van der Waals surface area (Å²) >= 11 is 0. The average Bonchev–Trinajstić information content (AvgIpc) is 2.42. The molecule has 0 aromatic carbocycles. The fraction of sp³-hybridized carbons (Fsp3) is 1.00. The third-order valence-corrected chi connectivity index (χ3v) is 1.50.